The number of allylic oxidation sites excluding steroid dienone is 1. The van der Waals surface area contributed by atoms with E-state index in [4.69, 9.17) is 19.0 Å². The van der Waals surface area contributed by atoms with Gasteiger partial charge >= 0.3 is 6.03 Å². The third-order valence-corrected chi connectivity index (χ3v) is 6.62. The highest BCUT2D eigenvalue weighted by Gasteiger charge is 2.36. The molecule has 3 aromatic carbocycles. The van der Waals surface area contributed by atoms with Crippen LogP contribution in [0, 0.1) is 6.92 Å². The van der Waals surface area contributed by atoms with E-state index >= 15 is 0 Å². The molecule has 8 heteroatoms. The van der Waals surface area contributed by atoms with Crippen molar-refractivity contribution >= 4 is 11.6 Å². The van der Waals surface area contributed by atoms with Crippen LogP contribution < -0.4 is 14.8 Å². The summed E-state index contributed by atoms with van der Waals surface area (Å²) in [5.74, 6) is 2.22. The predicted molar refractivity (Wildman–Crippen MR) is 140 cm³/mol. The van der Waals surface area contributed by atoms with Gasteiger partial charge in [0.15, 0.2) is 0 Å². The lowest BCUT2D eigenvalue weighted by Gasteiger charge is -2.35. The Labute approximate surface area is 215 Å². The Balaban J connectivity index is 1.60. The van der Waals surface area contributed by atoms with Gasteiger partial charge < -0.3 is 19.3 Å². The van der Waals surface area contributed by atoms with Crippen molar-refractivity contribution in [2.75, 3.05) is 14.2 Å². The molecule has 0 saturated carbocycles. The zero-order valence-corrected chi connectivity index (χ0v) is 21.2. The maximum absolute atomic E-state index is 13.4. The normalized spacial score (nSPS) is 15.5. The molecule has 1 N–H and O–H groups in total. The van der Waals surface area contributed by atoms with Gasteiger partial charge in [-0.1, -0.05) is 41.6 Å². The molecule has 1 aliphatic heterocycles. The number of methoxy groups -OCH3 is 2. The Morgan fingerprint density at radius 2 is 1.70 bits per heavy atom. The van der Waals surface area contributed by atoms with Crippen molar-refractivity contribution in [3.8, 4) is 22.9 Å². The fourth-order valence-corrected chi connectivity index (χ4v) is 4.47. The molecule has 8 nitrogen and oxygen atoms in total. The molecule has 37 heavy (non-hydrogen) atoms. The number of nitrogens with one attached hydrogen (secondary N) is 1. The van der Waals surface area contributed by atoms with Crippen LogP contribution >= 0.6 is 0 Å². The maximum atomic E-state index is 13.4. The number of benzene rings is 3. The van der Waals surface area contributed by atoms with Crippen molar-refractivity contribution in [1.82, 2.24) is 20.4 Å². The van der Waals surface area contributed by atoms with E-state index in [1.807, 2.05) is 86.6 Å². The van der Waals surface area contributed by atoms with E-state index < -0.39 is 6.04 Å². The molecule has 2 amide bonds. The first-order valence-corrected chi connectivity index (χ1v) is 11.9. The van der Waals surface area contributed by atoms with E-state index in [9.17, 15) is 4.79 Å². The van der Waals surface area contributed by atoms with E-state index in [0.717, 1.165) is 39.3 Å². The largest absolute Gasteiger partial charge is 0.497 e. The Morgan fingerprint density at radius 3 is 2.43 bits per heavy atom. The minimum Gasteiger partial charge on any atom is -0.497 e. The Bertz CT molecular complexity index is 1460. The highest BCUT2D eigenvalue weighted by Crippen LogP contribution is 2.39. The minimum absolute atomic E-state index is 0.202. The molecule has 1 aliphatic rings. The standard InChI is InChI=1S/C29H28N4O4/c1-18-8-5-6-9-22(18)17-33-19(2)25(26(30-29(33)34)21-10-7-11-24(16-21)36-4)28-31-27(32-37-28)20-12-14-23(35-3)15-13-20/h5-16,26H,17H2,1-4H3,(H,30,34). The van der Waals surface area contributed by atoms with E-state index in [2.05, 4.69) is 10.5 Å². The average Bonchev–Trinajstić information content (AvgIpc) is 3.41. The van der Waals surface area contributed by atoms with Gasteiger partial charge in [-0.2, -0.15) is 4.98 Å². The smallest absolute Gasteiger partial charge is 0.322 e. The number of amides is 2. The quantitative estimate of drug-likeness (QED) is 0.350. The van der Waals surface area contributed by atoms with Crippen LogP contribution in [0.1, 0.15) is 35.5 Å². The number of rotatable bonds is 7. The molecule has 0 spiro atoms. The average molecular weight is 497 g/mol. The molecule has 0 fully saturated rings. The maximum Gasteiger partial charge on any atom is 0.322 e. The first-order valence-electron chi connectivity index (χ1n) is 11.9. The van der Waals surface area contributed by atoms with Gasteiger partial charge in [0.2, 0.25) is 5.82 Å². The molecule has 4 aromatic rings. The summed E-state index contributed by atoms with van der Waals surface area (Å²) in [7, 11) is 3.24. The summed E-state index contributed by atoms with van der Waals surface area (Å²) >= 11 is 0. The third kappa shape index (κ3) is 4.78. The van der Waals surface area contributed by atoms with Crippen LogP contribution in [0.25, 0.3) is 17.0 Å². The third-order valence-electron chi connectivity index (χ3n) is 6.62. The van der Waals surface area contributed by atoms with E-state index in [-0.39, 0.29) is 6.03 Å². The number of nitrogens with zero attached hydrogens (tertiary/aromatic N) is 3. The van der Waals surface area contributed by atoms with E-state index in [1.54, 1.807) is 19.1 Å². The lowest BCUT2D eigenvalue weighted by molar-refractivity contribution is 0.203. The van der Waals surface area contributed by atoms with Crippen molar-refractivity contribution in [3.05, 3.63) is 101 Å². The van der Waals surface area contributed by atoms with Crippen molar-refractivity contribution < 1.29 is 18.8 Å². The van der Waals surface area contributed by atoms with Crippen molar-refractivity contribution in [1.29, 1.82) is 0 Å². The van der Waals surface area contributed by atoms with Crippen LogP contribution in [0.2, 0.25) is 0 Å². The van der Waals surface area contributed by atoms with Gasteiger partial charge in [0.1, 0.15) is 11.5 Å². The van der Waals surface area contributed by atoms with Gasteiger partial charge in [-0.3, -0.25) is 4.90 Å². The van der Waals surface area contributed by atoms with Crippen LogP contribution in [0.5, 0.6) is 11.5 Å². The number of urea groups is 1. The fraction of sp³-hybridized carbons (Fsp3) is 0.207. The summed E-state index contributed by atoms with van der Waals surface area (Å²) < 4.78 is 16.5. The molecule has 2 heterocycles. The van der Waals surface area contributed by atoms with Gasteiger partial charge in [0.25, 0.3) is 5.89 Å². The SMILES string of the molecule is COc1ccc(-c2noc(C3=C(C)N(Cc4ccccc4C)C(=O)NC3c3cccc(OC)c3)n2)cc1. The van der Waals surface area contributed by atoms with Gasteiger partial charge in [-0.25, -0.2) is 4.79 Å². The molecule has 0 bridgehead atoms. The number of aryl methyl sites for hydroxylation is 1. The number of hydrogen-bond acceptors (Lipinski definition) is 6. The number of aromatic nitrogens is 2. The van der Waals surface area contributed by atoms with Crippen molar-refractivity contribution in [3.63, 3.8) is 0 Å². The molecule has 0 saturated heterocycles. The van der Waals surface area contributed by atoms with Gasteiger partial charge in [0.05, 0.1) is 32.4 Å². The van der Waals surface area contributed by atoms with E-state index in [1.165, 1.54) is 0 Å². The molecule has 5 rings (SSSR count). The Morgan fingerprint density at radius 1 is 0.946 bits per heavy atom. The molecule has 0 radical (unpaired) electrons. The summed E-state index contributed by atoms with van der Waals surface area (Å²) in [6.45, 7) is 4.37. The van der Waals surface area contributed by atoms with Crippen LogP contribution in [-0.4, -0.2) is 35.3 Å². The van der Waals surface area contributed by atoms with Crippen molar-refractivity contribution in [2.24, 2.45) is 0 Å². The number of carbonyl (C=O) groups excluding carboxylic acids is 1. The second kappa shape index (κ2) is 10.2. The second-order valence-corrected chi connectivity index (χ2v) is 8.82. The van der Waals surface area contributed by atoms with Crippen LogP contribution in [0.4, 0.5) is 4.79 Å². The number of ether oxygens (including phenoxy) is 2. The van der Waals surface area contributed by atoms with Gasteiger partial charge in [-0.05, 0) is 66.9 Å². The van der Waals surface area contributed by atoms with Gasteiger partial charge in [-0.15, -0.1) is 0 Å². The summed E-state index contributed by atoms with van der Waals surface area (Å²) in [6, 6.07) is 22.4. The molecule has 188 valence electrons. The molecule has 0 aliphatic carbocycles. The van der Waals surface area contributed by atoms with Crippen molar-refractivity contribution in [2.45, 2.75) is 26.4 Å². The fourth-order valence-electron chi connectivity index (χ4n) is 4.47. The zero-order chi connectivity index (χ0) is 25.9. The first kappa shape index (κ1) is 24.1. The predicted octanol–water partition coefficient (Wildman–Crippen LogP) is 5.76. The van der Waals surface area contributed by atoms with E-state index in [0.29, 0.717) is 24.0 Å². The van der Waals surface area contributed by atoms with Gasteiger partial charge in [0, 0.05) is 11.3 Å². The van der Waals surface area contributed by atoms with Crippen LogP contribution in [0.15, 0.2) is 83.0 Å². The molecular formula is C29H28N4O4. The second-order valence-electron chi connectivity index (χ2n) is 8.82. The lowest BCUT2D eigenvalue weighted by Crippen LogP contribution is -2.45. The lowest BCUT2D eigenvalue weighted by atomic mass is 9.94. The summed E-state index contributed by atoms with van der Waals surface area (Å²) in [4.78, 5) is 19.8. The first-order chi connectivity index (χ1) is 18.0. The Hall–Kier alpha value is -4.59. The Kier molecular flexibility index (Phi) is 6.64. The highest BCUT2D eigenvalue weighted by atomic mass is 16.5. The number of hydrogen-bond donors (Lipinski definition) is 1. The molecule has 1 unspecified atom stereocenters. The monoisotopic (exact) mass is 496 g/mol. The molecule has 1 atom stereocenters. The topological polar surface area (TPSA) is 89.7 Å². The summed E-state index contributed by atoms with van der Waals surface area (Å²) in [5, 5.41) is 7.38. The minimum atomic E-state index is -0.500. The van der Waals surface area contributed by atoms with Crippen LogP contribution in [-0.2, 0) is 6.54 Å². The van der Waals surface area contributed by atoms with Crippen LogP contribution in [0.3, 0.4) is 0 Å². The highest BCUT2D eigenvalue weighted by molar-refractivity contribution is 5.87. The summed E-state index contributed by atoms with van der Waals surface area (Å²) in [5.41, 5.74) is 5.28. The summed E-state index contributed by atoms with van der Waals surface area (Å²) in [6.07, 6.45) is 0. The zero-order valence-electron chi connectivity index (χ0n) is 21.2. The molecule has 1 aromatic heterocycles. The molecular weight excluding hydrogens is 468 g/mol. The number of carbonyl (C=O) groups is 1.